The summed E-state index contributed by atoms with van der Waals surface area (Å²) in [6.07, 6.45) is 0. The predicted molar refractivity (Wildman–Crippen MR) is 88.9 cm³/mol. The Morgan fingerprint density at radius 3 is 2.76 bits per heavy atom. The highest BCUT2D eigenvalue weighted by Crippen LogP contribution is 2.29. The fraction of sp³-hybridized carbons (Fsp3) is 0.375. The van der Waals surface area contributed by atoms with Crippen molar-refractivity contribution in [2.45, 2.75) is 40.0 Å². The molecular formula is C16H19BrClNO2. The van der Waals surface area contributed by atoms with E-state index >= 15 is 0 Å². The number of benzene rings is 1. The lowest BCUT2D eigenvalue weighted by Gasteiger charge is -2.07. The zero-order chi connectivity index (χ0) is 15.4. The van der Waals surface area contributed by atoms with Crippen LogP contribution in [0, 0.1) is 6.92 Å². The predicted octanol–water partition coefficient (Wildman–Crippen LogP) is 5.08. The van der Waals surface area contributed by atoms with Gasteiger partial charge in [-0.2, -0.15) is 0 Å². The molecule has 2 rings (SSSR count). The van der Waals surface area contributed by atoms with Crippen molar-refractivity contribution in [3.05, 3.63) is 50.8 Å². The Morgan fingerprint density at radius 2 is 2.10 bits per heavy atom. The minimum atomic E-state index is 0.431. The minimum Gasteiger partial charge on any atom is -0.488 e. The summed E-state index contributed by atoms with van der Waals surface area (Å²) < 4.78 is 12.4. The largest absolute Gasteiger partial charge is 0.488 e. The van der Waals surface area contributed by atoms with E-state index in [1.165, 1.54) is 0 Å². The average molecular weight is 373 g/mol. The van der Waals surface area contributed by atoms with Gasteiger partial charge in [0, 0.05) is 16.6 Å². The summed E-state index contributed by atoms with van der Waals surface area (Å²) in [5, 5.41) is 4.01. The van der Waals surface area contributed by atoms with Gasteiger partial charge < -0.3 is 14.5 Å². The molecule has 0 saturated heterocycles. The molecule has 0 amide bonds. The summed E-state index contributed by atoms with van der Waals surface area (Å²) in [5.41, 5.74) is 1.05. The van der Waals surface area contributed by atoms with Crippen LogP contribution in [0.2, 0.25) is 5.02 Å². The Hall–Kier alpha value is -0.970. The Labute approximate surface area is 138 Å². The molecule has 21 heavy (non-hydrogen) atoms. The van der Waals surface area contributed by atoms with Gasteiger partial charge in [-0.15, -0.1) is 0 Å². The van der Waals surface area contributed by atoms with E-state index in [4.69, 9.17) is 20.8 Å². The summed E-state index contributed by atoms with van der Waals surface area (Å²) in [5.74, 6) is 2.58. The lowest BCUT2D eigenvalue weighted by atomic mass is 10.2. The normalized spacial score (nSPS) is 11.1. The first-order valence-corrected chi connectivity index (χ1v) is 8.02. The molecule has 1 heterocycles. The molecule has 0 fully saturated rings. The quantitative estimate of drug-likeness (QED) is 0.767. The summed E-state index contributed by atoms with van der Waals surface area (Å²) >= 11 is 9.36. The maximum atomic E-state index is 5.92. The second-order valence-corrected chi connectivity index (χ2v) is 6.48. The molecule has 1 N–H and O–H groups in total. The first kappa shape index (κ1) is 16.4. The van der Waals surface area contributed by atoms with Gasteiger partial charge >= 0.3 is 0 Å². The van der Waals surface area contributed by atoms with Gasteiger partial charge in [0.2, 0.25) is 0 Å². The van der Waals surface area contributed by atoms with Crippen molar-refractivity contribution in [2.75, 3.05) is 0 Å². The van der Waals surface area contributed by atoms with Crippen LogP contribution in [0.1, 0.15) is 30.9 Å². The van der Waals surface area contributed by atoms with Crippen LogP contribution >= 0.6 is 27.5 Å². The van der Waals surface area contributed by atoms with Crippen molar-refractivity contribution in [1.29, 1.82) is 0 Å². The highest BCUT2D eigenvalue weighted by atomic mass is 79.9. The fourth-order valence-electron chi connectivity index (χ4n) is 1.87. The number of hydrogen-bond donors (Lipinski definition) is 1. The van der Waals surface area contributed by atoms with Crippen molar-refractivity contribution in [2.24, 2.45) is 0 Å². The molecule has 2 aromatic rings. The van der Waals surface area contributed by atoms with Crippen LogP contribution in [0.4, 0.5) is 0 Å². The molecule has 0 aliphatic carbocycles. The van der Waals surface area contributed by atoms with Crippen molar-refractivity contribution in [3.63, 3.8) is 0 Å². The van der Waals surface area contributed by atoms with Gasteiger partial charge in [-0.1, -0.05) is 25.4 Å². The molecule has 0 spiro atoms. The molecule has 0 aliphatic heterocycles. The molecule has 3 nitrogen and oxygen atoms in total. The van der Waals surface area contributed by atoms with Crippen LogP contribution in [0.5, 0.6) is 5.75 Å². The van der Waals surface area contributed by atoms with E-state index in [0.29, 0.717) is 17.7 Å². The molecule has 0 radical (unpaired) electrons. The summed E-state index contributed by atoms with van der Waals surface area (Å²) in [4.78, 5) is 0. The topological polar surface area (TPSA) is 34.4 Å². The van der Waals surface area contributed by atoms with Crippen molar-refractivity contribution in [3.8, 4) is 5.75 Å². The van der Waals surface area contributed by atoms with E-state index in [-0.39, 0.29) is 0 Å². The van der Waals surface area contributed by atoms with E-state index in [1.807, 2.05) is 31.2 Å². The van der Waals surface area contributed by atoms with E-state index < -0.39 is 0 Å². The standard InChI is InChI=1S/C16H19BrClNO2/c1-10(2)19-8-14-6-12(11(3)21-14)9-20-16-5-4-13(18)7-15(16)17/h4-7,10,19H,8-9H2,1-3H3. The average Bonchev–Trinajstić information content (AvgIpc) is 2.76. The summed E-state index contributed by atoms with van der Waals surface area (Å²) in [7, 11) is 0. The Kier molecular flexibility index (Phi) is 5.73. The molecule has 0 aliphatic rings. The zero-order valence-corrected chi connectivity index (χ0v) is 14.7. The van der Waals surface area contributed by atoms with E-state index in [0.717, 1.165) is 33.9 Å². The van der Waals surface area contributed by atoms with Crippen LogP contribution in [-0.4, -0.2) is 6.04 Å². The molecule has 0 atom stereocenters. The Balaban J connectivity index is 1.99. The molecule has 5 heteroatoms. The fourth-order valence-corrected chi connectivity index (χ4v) is 2.67. The number of rotatable bonds is 6. The van der Waals surface area contributed by atoms with E-state index in [1.54, 1.807) is 0 Å². The summed E-state index contributed by atoms with van der Waals surface area (Å²) in [6, 6.07) is 7.94. The second kappa shape index (κ2) is 7.34. The van der Waals surface area contributed by atoms with E-state index in [2.05, 4.69) is 35.1 Å². The van der Waals surface area contributed by atoms with Gasteiger partial charge in [0.1, 0.15) is 23.9 Å². The summed E-state index contributed by atoms with van der Waals surface area (Å²) in [6.45, 7) is 7.37. The molecule has 0 bridgehead atoms. The van der Waals surface area contributed by atoms with Crippen LogP contribution in [0.3, 0.4) is 0 Å². The third-order valence-corrected chi connectivity index (χ3v) is 3.89. The first-order valence-electron chi connectivity index (χ1n) is 6.85. The van der Waals surface area contributed by atoms with Gasteiger partial charge in [-0.05, 0) is 47.1 Å². The number of ether oxygens (including phenoxy) is 1. The second-order valence-electron chi connectivity index (χ2n) is 5.19. The van der Waals surface area contributed by atoms with Gasteiger partial charge in [0.05, 0.1) is 11.0 Å². The number of furan rings is 1. The van der Waals surface area contributed by atoms with Crippen molar-refractivity contribution < 1.29 is 9.15 Å². The monoisotopic (exact) mass is 371 g/mol. The number of hydrogen-bond acceptors (Lipinski definition) is 3. The minimum absolute atomic E-state index is 0.431. The maximum Gasteiger partial charge on any atom is 0.134 e. The Bertz CT molecular complexity index is 610. The molecule has 1 aromatic heterocycles. The van der Waals surface area contributed by atoms with Gasteiger partial charge in [0.25, 0.3) is 0 Å². The highest BCUT2D eigenvalue weighted by molar-refractivity contribution is 9.10. The van der Waals surface area contributed by atoms with Crippen molar-refractivity contribution >= 4 is 27.5 Å². The third kappa shape index (κ3) is 4.77. The highest BCUT2D eigenvalue weighted by Gasteiger charge is 2.10. The Morgan fingerprint density at radius 1 is 1.33 bits per heavy atom. The van der Waals surface area contributed by atoms with Crippen LogP contribution in [0.15, 0.2) is 33.2 Å². The lowest BCUT2D eigenvalue weighted by Crippen LogP contribution is -2.21. The SMILES string of the molecule is Cc1oc(CNC(C)C)cc1COc1ccc(Cl)cc1Br. The van der Waals surface area contributed by atoms with Crippen LogP contribution in [-0.2, 0) is 13.2 Å². The van der Waals surface area contributed by atoms with Gasteiger partial charge in [-0.25, -0.2) is 0 Å². The van der Waals surface area contributed by atoms with Crippen molar-refractivity contribution in [1.82, 2.24) is 5.32 Å². The molecule has 114 valence electrons. The third-order valence-electron chi connectivity index (χ3n) is 3.03. The molecule has 1 aromatic carbocycles. The van der Waals surface area contributed by atoms with Gasteiger partial charge in [-0.3, -0.25) is 0 Å². The molecule has 0 saturated carbocycles. The smallest absolute Gasteiger partial charge is 0.134 e. The van der Waals surface area contributed by atoms with Crippen LogP contribution in [0.25, 0.3) is 0 Å². The van der Waals surface area contributed by atoms with Crippen LogP contribution < -0.4 is 10.1 Å². The maximum absolute atomic E-state index is 5.92. The number of aryl methyl sites for hydroxylation is 1. The molecular weight excluding hydrogens is 354 g/mol. The zero-order valence-electron chi connectivity index (χ0n) is 12.4. The number of nitrogens with one attached hydrogen (secondary N) is 1. The lowest BCUT2D eigenvalue weighted by molar-refractivity contribution is 0.301. The first-order chi connectivity index (χ1) is 9.95. The van der Waals surface area contributed by atoms with Gasteiger partial charge in [0.15, 0.2) is 0 Å². The van der Waals surface area contributed by atoms with E-state index in [9.17, 15) is 0 Å². The molecule has 0 unspecified atom stereocenters. The number of halogens is 2.